The minimum absolute atomic E-state index is 0.165. The number of aromatic nitrogens is 1. The number of hydrogen-bond donors (Lipinski definition) is 1. The Labute approximate surface area is 192 Å². The Bertz CT molecular complexity index is 950. The largest absolute Gasteiger partial charge is 0.355 e. The van der Waals surface area contributed by atoms with E-state index in [-0.39, 0.29) is 5.91 Å². The maximum absolute atomic E-state index is 12.7. The first kappa shape index (κ1) is 22.9. The van der Waals surface area contributed by atoms with Gasteiger partial charge in [-0.25, -0.2) is 0 Å². The average Bonchev–Trinajstić information content (AvgIpc) is 2.79. The molecule has 1 N–H and O–H groups in total. The molecule has 1 aromatic carbocycles. The summed E-state index contributed by atoms with van der Waals surface area (Å²) in [5, 5.41) is 4.42. The molecule has 2 aliphatic heterocycles. The van der Waals surface area contributed by atoms with Crippen LogP contribution in [0.25, 0.3) is 10.9 Å². The highest BCUT2D eigenvalue weighted by Crippen LogP contribution is 2.34. The molecule has 1 amide bonds. The van der Waals surface area contributed by atoms with E-state index in [1.807, 2.05) is 18.5 Å². The van der Waals surface area contributed by atoms with Gasteiger partial charge < -0.3 is 10.2 Å². The highest BCUT2D eigenvalue weighted by molar-refractivity contribution is 5.99. The lowest BCUT2D eigenvalue weighted by molar-refractivity contribution is -0.123. The summed E-state index contributed by atoms with van der Waals surface area (Å²) in [4.78, 5) is 26.3. The van der Waals surface area contributed by atoms with Crippen LogP contribution >= 0.6 is 0 Å². The third kappa shape index (κ3) is 5.54. The maximum Gasteiger partial charge on any atom is 0.234 e. The van der Waals surface area contributed by atoms with Gasteiger partial charge >= 0.3 is 0 Å². The zero-order chi connectivity index (χ0) is 22.5. The van der Waals surface area contributed by atoms with E-state index in [1.54, 1.807) is 7.05 Å². The van der Waals surface area contributed by atoms with E-state index in [4.69, 9.17) is 0 Å². The van der Waals surface area contributed by atoms with Crippen molar-refractivity contribution in [2.75, 3.05) is 53.4 Å². The van der Waals surface area contributed by atoms with Crippen molar-refractivity contribution in [1.29, 1.82) is 0 Å². The van der Waals surface area contributed by atoms with Crippen LogP contribution in [0, 0.1) is 11.8 Å². The molecule has 2 aromatic rings. The number of benzene rings is 1. The zero-order valence-corrected chi connectivity index (χ0v) is 19.8. The summed E-state index contributed by atoms with van der Waals surface area (Å²) in [5.41, 5.74) is 3.40. The van der Waals surface area contributed by atoms with Crippen LogP contribution < -0.4 is 5.32 Å². The van der Waals surface area contributed by atoms with Crippen molar-refractivity contribution in [2.45, 2.75) is 32.1 Å². The van der Waals surface area contributed by atoms with Crippen molar-refractivity contribution in [2.24, 2.45) is 16.8 Å². The highest BCUT2D eigenvalue weighted by atomic mass is 16.2. The Kier molecular flexibility index (Phi) is 7.53. The Morgan fingerprint density at radius 3 is 2.84 bits per heavy atom. The van der Waals surface area contributed by atoms with Gasteiger partial charge in [-0.1, -0.05) is 25.1 Å². The summed E-state index contributed by atoms with van der Waals surface area (Å²) in [6.45, 7) is 7.77. The zero-order valence-electron chi connectivity index (χ0n) is 19.8. The van der Waals surface area contributed by atoms with E-state index in [1.165, 1.54) is 23.8 Å². The lowest BCUT2D eigenvalue weighted by Crippen LogP contribution is -2.45. The van der Waals surface area contributed by atoms with Gasteiger partial charge in [-0.2, -0.15) is 0 Å². The fourth-order valence-electron chi connectivity index (χ4n) is 5.42. The quantitative estimate of drug-likeness (QED) is 0.708. The Morgan fingerprint density at radius 1 is 1.25 bits per heavy atom. The van der Waals surface area contributed by atoms with Gasteiger partial charge in [-0.05, 0) is 68.8 Å². The molecule has 1 aromatic heterocycles. The van der Waals surface area contributed by atoms with E-state index in [9.17, 15) is 4.79 Å². The topological polar surface area (TPSA) is 60.8 Å². The number of piperidine rings is 2. The molecule has 172 valence electrons. The second-order valence-corrected chi connectivity index (χ2v) is 9.81. The summed E-state index contributed by atoms with van der Waals surface area (Å²) in [6.07, 6.45) is 7.23. The predicted molar refractivity (Wildman–Crippen MR) is 131 cm³/mol. The molecular weight excluding hydrogens is 398 g/mol. The molecule has 2 saturated heterocycles. The molecule has 2 fully saturated rings. The summed E-state index contributed by atoms with van der Waals surface area (Å²) in [5.74, 6) is 1.74. The van der Waals surface area contributed by atoms with E-state index in [0.717, 1.165) is 50.2 Å². The lowest BCUT2D eigenvalue weighted by Gasteiger charge is -2.37. The molecular formula is C26H37N5O. The molecule has 0 unspecified atom stereocenters. The van der Waals surface area contributed by atoms with Crippen LogP contribution in [0.4, 0.5) is 0 Å². The molecule has 0 saturated carbocycles. The van der Waals surface area contributed by atoms with Crippen molar-refractivity contribution in [3.05, 3.63) is 41.6 Å². The van der Waals surface area contributed by atoms with Crippen LogP contribution in [0.3, 0.4) is 0 Å². The molecule has 4 rings (SSSR count). The van der Waals surface area contributed by atoms with Gasteiger partial charge in [0.15, 0.2) is 0 Å². The third-order valence-electron chi connectivity index (χ3n) is 7.07. The van der Waals surface area contributed by atoms with Crippen molar-refractivity contribution in [1.82, 2.24) is 20.1 Å². The molecule has 2 atom stereocenters. The molecule has 0 aliphatic carbocycles. The molecule has 6 heteroatoms. The number of carbonyl (C=O) groups excluding carboxylic acids is 1. The van der Waals surface area contributed by atoms with Crippen LogP contribution in [0.5, 0.6) is 0 Å². The molecule has 0 bridgehead atoms. The molecule has 0 radical (unpaired) electrons. The van der Waals surface area contributed by atoms with Crippen LogP contribution in [0.1, 0.15) is 43.2 Å². The highest BCUT2D eigenvalue weighted by Gasteiger charge is 2.28. The van der Waals surface area contributed by atoms with Crippen molar-refractivity contribution >= 4 is 23.0 Å². The average molecular weight is 436 g/mol. The van der Waals surface area contributed by atoms with Gasteiger partial charge in [0.25, 0.3) is 0 Å². The normalized spacial score (nSPS) is 23.7. The smallest absolute Gasteiger partial charge is 0.234 e. The van der Waals surface area contributed by atoms with Crippen molar-refractivity contribution in [3.63, 3.8) is 0 Å². The predicted octanol–water partition coefficient (Wildman–Crippen LogP) is 3.17. The summed E-state index contributed by atoms with van der Waals surface area (Å²) >= 11 is 0. The van der Waals surface area contributed by atoms with Crippen molar-refractivity contribution < 1.29 is 4.79 Å². The molecule has 3 heterocycles. The number of rotatable bonds is 6. The van der Waals surface area contributed by atoms with E-state index in [0.29, 0.717) is 24.3 Å². The van der Waals surface area contributed by atoms with Gasteiger partial charge in [0, 0.05) is 50.0 Å². The second-order valence-electron chi connectivity index (χ2n) is 9.81. The molecule has 0 spiro atoms. The number of amides is 1. The minimum atomic E-state index is 0.165. The SMILES string of the molecule is CN=Cc1ccc([C@H]2C[C@@H](C)CN(CC(=O)NCC3CCN(C)CC3)C2)c2cccnc12. The maximum atomic E-state index is 12.7. The Hall–Kier alpha value is -2.31. The molecule has 2 aliphatic rings. The van der Waals surface area contributed by atoms with Gasteiger partial charge in [0.1, 0.15) is 0 Å². The van der Waals surface area contributed by atoms with Crippen molar-refractivity contribution in [3.8, 4) is 0 Å². The van der Waals surface area contributed by atoms with Crippen LogP contribution in [-0.2, 0) is 4.79 Å². The summed E-state index contributed by atoms with van der Waals surface area (Å²) in [6, 6.07) is 8.56. The number of fused-ring (bicyclic) bond motifs is 1. The number of pyridine rings is 1. The van der Waals surface area contributed by atoms with Gasteiger partial charge in [0.2, 0.25) is 5.91 Å². The number of nitrogens with zero attached hydrogens (tertiary/aromatic N) is 4. The first-order valence-corrected chi connectivity index (χ1v) is 12.0. The summed E-state index contributed by atoms with van der Waals surface area (Å²) in [7, 11) is 3.97. The standard InChI is InChI=1S/C26H37N5O/c1-19-13-22(23-7-6-21(15-27-2)26-24(23)5-4-10-28-26)17-31(16-19)18-25(32)29-14-20-8-11-30(3)12-9-20/h4-7,10,15,19-20,22H,8-9,11-14,16-18H2,1-3H3,(H,29,32)/t19-,22+/m1/s1. The Morgan fingerprint density at radius 2 is 2.06 bits per heavy atom. The number of carbonyl (C=O) groups is 1. The summed E-state index contributed by atoms with van der Waals surface area (Å²) < 4.78 is 0. The van der Waals surface area contributed by atoms with E-state index >= 15 is 0 Å². The van der Waals surface area contributed by atoms with E-state index < -0.39 is 0 Å². The lowest BCUT2D eigenvalue weighted by atomic mass is 9.83. The molecule has 32 heavy (non-hydrogen) atoms. The number of hydrogen-bond acceptors (Lipinski definition) is 5. The van der Waals surface area contributed by atoms with Crippen LogP contribution in [0.2, 0.25) is 0 Å². The monoisotopic (exact) mass is 435 g/mol. The first-order chi connectivity index (χ1) is 15.5. The first-order valence-electron chi connectivity index (χ1n) is 12.0. The second kappa shape index (κ2) is 10.5. The van der Waals surface area contributed by atoms with Gasteiger partial charge in [-0.15, -0.1) is 0 Å². The number of likely N-dealkylation sites (tertiary alicyclic amines) is 2. The van der Waals surface area contributed by atoms with E-state index in [2.05, 4.69) is 57.3 Å². The third-order valence-corrected chi connectivity index (χ3v) is 7.07. The fourth-order valence-corrected chi connectivity index (χ4v) is 5.42. The molecule has 6 nitrogen and oxygen atoms in total. The van der Waals surface area contributed by atoms with Crippen LogP contribution in [-0.4, -0.2) is 80.3 Å². The van der Waals surface area contributed by atoms with Gasteiger partial charge in [0.05, 0.1) is 12.1 Å². The minimum Gasteiger partial charge on any atom is -0.355 e. The fraction of sp³-hybridized carbons (Fsp3) is 0.577. The number of nitrogens with one attached hydrogen (secondary N) is 1. The Balaban J connectivity index is 1.41. The van der Waals surface area contributed by atoms with Gasteiger partial charge in [-0.3, -0.25) is 19.7 Å². The number of aliphatic imine (C=N–C) groups is 1. The van der Waals surface area contributed by atoms with Crippen LogP contribution in [0.15, 0.2) is 35.5 Å².